The summed E-state index contributed by atoms with van der Waals surface area (Å²) in [5.41, 5.74) is 3.68. The van der Waals surface area contributed by atoms with Crippen molar-refractivity contribution in [3.05, 3.63) is 51.1 Å². The van der Waals surface area contributed by atoms with E-state index in [1.807, 2.05) is 24.3 Å². The quantitative estimate of drug-likeness (QED) is 0.576. The summed E-state index contributed by atoms with van der Waals surface area (Å²) in [7, 11) is 0. The lowest BCUT2D eigenvalue weighted by Crippen LogP contribution is -2.52. The fraction of sp³-hybridized carbons (Fsp3) is 0.350. The molecule has 0 unspecified atom stereocenters. The van der Waals surface area contributed by atoms with Gasteiger partial charge in [0.15, 0.2) is 5.78 Å². The minimum atomic E-state index is 0.123. The molecule has 4 aliphatic rings. The van der Waals surface area contributed by atoms with Crippen LogP contribution < -0.4 is 4.74 Å². The molecule has 6 rings (SSSR count). The van der Waals surface area contributed by atoms with Crippen LogP contribution in [-0.2, 0) is 0 Å². The van der Waals surface area contributed by atoms with Crippen LogP contribution in [0.4, 0.5) is 0 Å². The van der Waals surface area contributed by atoms with Gasteiger partial charge in [-0.05, 0) is 95.9 Å². The number of hydrogen-bond acceptors (Lipinski definition) is 3. The van der Waals surface area contributed by atoms with Crippen molar-refractivity contribution in [3.63, 3.8) is 0 Å². The number of piperidine rings is 3. The number of carbonyl (C=O) groups excluding carboxylic acids is 1. The van der Waals surface area contributed by atoms with E-state index in [2.05, 4.69) is 39.6 Å². The first-order chi connectivity index (χ1) is 11.7. The first kappa shape index (κ1) is 14.9. The molecule has 3 nitrogen and oxygen atoms in total. The van der Waals surface area contributed by atoms with E-state index >= 15 is 0 Å². The maximum Gasteiger partial charge on any atom is 0.194 e. The van der Waals surface area contributed by atoms with Gasteiger partial charge in [0.2, 0.25) is 0 Å². The monoisotopic (exact) mass is 431 g/mol. The van der Waals surface area contributed by atoms with Gasteiger partial charge in [0.05, 0.1) is 0 Å². The second-order valence-corrected chi connectivity index (χ2v) is 8.27. The lowest BCUT2D eigenvalue weighted by molar-refractivity contribution is -0.00777. The average Bonchev–Trinajstić information content (AvgIpc) is 2.88. The Kier molecular flexibility index (Phi) is 3.45. The van der Waals surface area contributed by atoms with Gasteiger partial charge in [-0.15, -0.1) is 0 Å². The number of rotatable bonds is 2. The summed E-state index contributed by atoms with van der Waals surface area (Å²) in [6.07, 6.45) is 2.74. The normalized spacial score (nSPS) is 27.0. The van der Waals surface area contributed by atoms with Crippen LogP contribution in [0.3, 0.4) is 0 Å². The molecule has 3 heterocycles. The van der Waals surface area contributed by atoms with Crippen LogP contribution in [-0.4, -0.2) is 36.4 Å². The molecule has 4 heteroatoms. The summed E-state index contributed by atoms with van der Waals surface area (Å²) < 4.78 is 7.38. The van der Waals surface area contributed by atoms with Crippen molar-refractivity contribution in [1.29, 1.82) is 0 Å². The zero-order chi connectivity index (χ0) is 16.3. The highest BCUT2D eigenvalue weighted by molar-refractivity contribution is 14.1. The summed E-state index contributed by atoms with van der Waals surface area (Å²) in [5.74, 6) is 1.62. The van der Waals surface area contributed by atoms with Crippen molar-refractivity contribution < 1.29 is 9.53 Å². The molecule has 3 saturated heterocycles. The molecule has 24 heavy (non-hydrogen) atoms. The molecule has 0 N–H and O–H groups in total. The van der Waals surface area contributed by atoms with Crippen LogP contribution in [0.5, 0.6) is 5.75 Å². The standard InChI is InChI=1S/C20H18INO2/c21-13-1-3-15-16-4-2-14(10-18(16)20(23)17(15)9-13)24-19-11-22-7-5-12(19)6-8-22/h1-4,9-10,12,19H,5-8,11H2/t19-/m0/s1. The second-order valence-electron chi connectivity index (χ2n) is 7.02. The van der Waals surface area contributed by atoms with E-state index in [-0.39, 0.29) is 11.9 Å². The van der Waals surface area contributed by atoms with Crippen LogP contribution in [0, 0.1) is 9.49 Å². The largest absolute Gasteiger partial charge is 0.489 e. The summed E-state index contributed by atoms with van der Waals surface area (Å²) >= 11 is 2.25. The molecule has 1 aliphatic carbocycles. The van der Waals surface area contributed by atoms with E-state index in [9.17, 15) is 4.79 Å². The van der Waals surface area contributed by atoms with Crippen molar-refractivity contribution in [2.75, 3.05) is 19.6 Å². The van der Waals surface area contributed by atoms with Gasteiger partial charge in [-0.3, -0.25) is 9.69 Å². The van der Waals surface area contributed by atoms with Crippen LogP contribution in [0.15, 0.2) is 36.4 Å². The molecule has 2 bridgehead atoms. The Morgan fingerprint density at radius 2 is 1.67 bits per heavy atom. The van der Waals surface area contributed by atoms with Crippen molar-refractivity contribution in [3.8, 4) is 16.9 Å². The molecule has 0 amide bonds. The average molecular weight is 431 g/mol. The number of hydrogen-bond donors (Lipinski definition) is 0. The lowest BCUT2D eigenvalue weighted by atomic mass is 9.86. The predicted molar refractivity (Wildman–Crippen MR) is 102 cm³/mol. The smallest absolute Gasteiger partial charge is 0.194 e. The molecule has 2 aromatic rings. The minimum Gasteiger partial charge on any atom is -0.489 e. The molecule has 0 aromatic heterocycles. The Morgan fingerprint density at radius 1 is 0.958 bits per heavy atom. The first-order valence-corrected chi connectivity index (χ1v) is 9.64. The summed E-state index contributed by atoms with van der Waals surface area (Å²) in [6.45, 7) is 3.44. The Morgan fingerprint density at radius 3 is 2.38 bits per heavy atom. The van der Waals surface area contributed by atoms with E-state index in [1.165, 1.54) is 25.9 Å². The van der Waals surface area contributed by atoms with Crippen molar-refractivity contribution in [2.24, 2.45) is 5.92 Å². The number of benzene rings is 2. The minimum absolute atomic E-state index is 0.123. The molecule has 0 saturated carbocycles. The molecule has 1 atom stereocenters. The molecule has 3 fully saturated rings. The van der Waals surface area contributed by atoms with E-state index in [0.717, 1.165) is 38.1 Å². The van der Waals surface area contributed by atoms with E-state index in [0.29, 0.717) is 5.92 Å². The molecule has 0 radical (unpaired) electrons. The number of fused-ring (bicyclic) bond motifs is 6. The number of halogens is 1. The van der Waals surface area contributed by atoms with Crippen LogP contribution in [0.25, 0.3) is 11.1 Å². The molecule has 3 aliphatic heterocycles. The van der Waals surface area contributed by atoms with Gasteiger partial charge in [-0.2, -0.15) is 0 Å². The van der Waals surface area contributed by atoms with Crippen LogP contribution in [0.1, 0.15) is 28.8 Å². The lowest BCUT2D eigenvalue weighted by Gasteiger charge is -2.44. The number of ether oxygens (including phenoxy) is 1. The third-order valence-electron chi connectivity index (χ3n) is 5.64. The molecule has 0 spiro atoms. The van der Waals surface area contributed by atoms with Gasteiger partial charge in [-0.25, -0.2) is 0 Å². The zero-order valence-corrected chi connectivity index (χ0v) is 15.5. The van der Waals surface area contributed by atoms with E-state index in [1.54, 1.807) is 0 Å². The second kappa shape index (κ2) is 5.56. The number of carbonyl (C=O) groups is 1. The molecular formula is C20H18INO2. The Bertz CT molecular complexity index is 840. The first-order valence-electron chi connectivity index (χ1n) is 8.57. The van der Waals surface area contributed by atoms with Gasteiger partial charge in [0.25, 0.3) is 0 Å². The van der Waals surface area contributed by atoms with Gasteiger partial charge < -0.3 is 4.74 Å². The molecular weight excluding hydrogens is 413 g/mol. The Labute approximate surface area is 155 Å². The highest BCUT2D eigenvalue weighted by Crippen LogP contribution is 2.39. The van der Waals surface area contributed by atoms with Gasteiger partial charge in [0.1, 0.15) is 11.9 Å². The third-order valence-corrected chi connectivity index (χ3v) is 6.31. The van der Waals surface area contributed by atoms with Crippen molar-refractivity contribution >= 4 is 28.4 Å². The Balaban J connectivity index is 1.45. The maximum absolute atomic E-state index is 12.7. The topological polar surface area (TPSA) is 29.5 Å². The summed E-state index contributed by atoms with van der Waals surface area (Å²) in [4.78, 5) is 15.2. The van der Waals surface area contributed by atoms with Crippen LogP contribution in [0.2, 0.25) is 0 Å². The van der Waals surface area contributed by atoms with Crippen molar-refractivity contribution in [1.82, 2.24) is 4.90 Å². The number of nitrogens with zero attached hydrogens (tertiary/aromatic N) is 1. The zero-order valence-electron chi connectivity index (χ0n) is 13.3. The highest BCUT2D eigenvalue weighted by Gasteiger charge is 2.36. The third kappa shape index (κ3) is 2.30. The van der Waals surface area contributed by atoms with Crippen molar-refractivity contribution in [2.45, 2.75) is 18.9 Å². The van der Waals surface area contributed by atoms with Gasteiger partial charge in [0, 0.05) is 21.2 Å². The van der Waals surface area contributed by atoms with Gasteiger partial charge >= 0.3 is 0 Å². The maximum atomic E-state index is 12.7. The number of ketones is 1. The van der Waals surface area contributed by atoms with E-state index < -0.39 is 0 Å². The Hall–Kier alpha value is -1.40. The van der Waals surface area contributed by atoms with Gasteiger partial charge in [-0.1, -0.05) is 6.07 Å². The molecule has 122 valence electrons. The van der Waals surface area contributed by atoms with Crippen LogP contribution >= 0.6 is 22.6 Å². The predicted octanol–water partition coefficient (Wildman–Crippen LogP) is 3.98. The SMILES string of the molecule is O=C1c2cc(I)ccc2-c2ccc(O[C@H]3CN4CCC3CC4)cc21. The van der Waals surface area contributed by atoms with E-state index in [4.69, 9.17) is 4.74 Å². The fourth-order valence-electron chi connectivity index (χ4n) is 4.32. The fourth-order valence-corrected chi connectivity index (χ4v) is 4.81. The highest BCUT2D eigenvalue weighted by atomic mass is 127. The summed E-state index contributed by atoms with van der Waals surface area (Å²) in [5, 5.41) is 0. The summed E-state index contributed by atoms with van der Waals surface area (Å²) in [6, 6.07) is 12.1. The molecule has 2 aromatic carbocycles.